The Hall–Kier alpha value is -2.40. The number of thiazole rings is 1. The molecule has 7 nitrogen and oxygen atoms in total. The Labute approximate surface area is 144 Å². The number of halogens is 3. The fourth-order valence-electron chi connectivity index (χ4n) is 1.78. The van der Waals surface area contributed by atoms with E-state index in [2.05, 4.69) is 20.4 Å². The summed E-state index contributed by atoms with van der Waals surface area (Å²) >= 11 is 0.981. The topological polar surface area (TPSA) is 106 Å². The standard InChI is InChI=1S/C14H15F3N4O3S/c1-6(18)11(22)19-7(2)12(23)21-13-20-9-4-3-8(5-10(9)25-13)24-14(15,16)17/h3-7H,18H2,1-2H3,(H,19,22)(H,20,21,23). The molecule has 0 fully saturated rings. The fraction of sp³-hybridized carbons (Fsp3) is 0.357. The maximum Gasteiger partial charge on any atom is 0.573 e. The molecule has 0 aliphatic rings. The zero-order valence-corrected chi connectivity index (χ0v) is 14.0. The van der Waals surface area contributed by atoms with Crippen LogP contribution in [0.1, 0.15) is 13.8 Å². The van der Waals surface area contributed by atoms with Crippen molar-refractivity contribution < 1.29 is 27.5 Å². The number of carbonyl (C=O) groups excluding carboxylic acids is 2. The lowest BCUT2D eigenvalue weighted by molar-refractivity contribution is -0.274. The Morgan fingerprint density at radius 2 is 1.96 bits per heavy atom. The maximum absolute atomic E-state index is 12.2. The van der Waals surface area contributed by atoms with Gasteiger partial charge in [0.1, 0.15) is 11.8 Å². The van der Waals surface area contributed by atoms with Crippen LogP contribution in [0.5, 0.6) is 5.75 Å². The summed E-state index contributed by atoms with van der Waals surface area (Å²) in [7, 11) is 0. The normalized spacial score (nSPS) is 14.0. The molecule has 0 aliphatic heterocycles. The molecule has 2 rings (SSSR count). The molecule has 4 N–H and O–H groups in total. The van der Waals surface area contributed by atoms with Crippen LogP contribution in [0, 0.1) is 0 Å². The van der Waals surface area contributed by atoms with Gasteiger partial charge in [0.2, 0.25) is 11.8 Å². The molecule has 11 heteroatoms. The summed E-state index contributed by atoms with van der Waals surface area (Å²) in [5.41, 5.74) is 5.80. The lowest BCUT2D eigenvalue weighted by Crippen LogP contribution is -2.47. The Bertz CT molecular complexity index is 791. The van der Waals surface area contributed by atoms with Gasteiger partial charge in [0, 0.05) is 6.07 Å². The zero-order valence-electron chi connectivity index (χ0n) is 13.2. The van der Waals surface area contributed by atoms with Gasteiger partial charge in [0.15, 0.2) is 5.13 Å². The molecule has 0 spiro atoms. The van der Waals surface area contributed by atoms with Crippen LogP contribution in [0.25, 0.3) is 10.2 Å². The number of fused-ring (bicyclic) bond motifs is 1. The number of nitrogens with two attached hydrogens (primary N) is 1. The van der Waals surface area contributed by atoms with Gasteiger partial charge in [0.25, 0.3) is 0 Å². The highest BCUT2D eigenvalue weighted by atomic mass is 32.1. The highest BCUT2D eigenvalue weighted by Crippen LogP contribution is 2.31. The molecule has 0 bridgehead atoms. The summed E-state index contributed by atoms with van der Waals surface area (Å²) in [6.45, 7) is 2.95. The maximum atomic E-state index is 12.2. The molecule has 1 aromatic heterocycles. The van der Waals surface area contributed by atoms with Gasteiger partial charge >= 0.3 is 6.36 Å². The van der Waals surface area contributed by atoms with Gasteiger partial charge in [-0.25, -0.2) is 4.98 Å². The number of rotatable bonds is 5. The van der Waals surface area contributed by atoms with Crippen molar-refractivity contribution in [3.63, 3.8) is 0 Å². The zero-order chi connectivity index (χ0) is 18.8. The second-order valence-corrected chi connectivity index (χ2v) is 6.24. The predicted octanol–water partition coefficient (Wildman–Crippen LogP) is 1.99. The van der Waals surface area contributed by atoms with E-state index >= 15 is 0 Å². The lowest BCUT2D eigenvalue weighted by Gasteiger charge is -2.14. The van der Waals surface area contributed by atoms with Crippen molar-refractivity contribution in [2.45, 2.75) is 32.3 Å². The number of hydrogen-bond donors (Lipinski definition) is 3. The number of alkyl halides is 3. The van der Waals surface area contributed by atoms with E-state index in [1.165, 1.54) is 26.0 Å². The van der Waals surface area contributed by atoms with Crippen molar-refractivity contribution in [3.05, 3.63) is 18.2 Å². The summed E-state index contributed by atoms with van der Waals surface area (Å²) in [6.07, 6.45) is -4.79. The number of anilines is 1. The minimum absolute atomic E-state index is 0.186. The minimum atomic E-state index is -4.79. The second-order valence-electron chi connectivity index (χ2n) is 5.20. The van der Waals surface area contributed by atoms with Gasteiger partial charge in [-0.1, -0.05) is 11.3 Å². The van der Waals surface area contributed by atoms with Gasteiger partial charge in [-0.3, -0.25) is 9.59 Å². The molecule has 2 aromatic rings. The molecule has 2 amide bonds. The van der Waals surface area contributed by atoms with E-state index in [1.807, 2.05) is 0 Å². The predicted molar refractivity (Wildman–Crippen MR) is 86.2 cm³/mol. The largest absolute Gasteiger partial charge is 0.573 e. The third-order valence-electron chi connectivity index (χ3n) is 2.99. The van der Waals surface area contributed by atoms with Gasteiger partial charge in [-0.05, 0) is 26.0 Å². The number of benzene rings is 1. The van der Waals surface area contributed by atoms with Crippen molar-refractivity contribution in [1.82, 2.24) is 10.3 Å². The molecule has 0 saturated carbocycles. The van der Waals surface area contributed by atoms with Crippen molar-refractivity contribution in [2.24, 2.45) is 5.73 Å². The van der Waals surface area contributed by atoms with Crippen molar-refractivity contribution in [2.75, 3.05) is 5.32 Å². The fourth-order valence-corrected chi connectivity index (χ4v) is 2.68. The minimum Gasteiger partial charge on any atom is -0.406 e. The number of hydrogen-bond acceptors (Lipinski definition) is 6. The number of nitrogens with one attached hydrogen (secondary N) is 2. The summed E-state index contributed by atoms with van der Waals surface area (Å²) < 4.78 is 40.9. The van der Waals surface area contributed by atoms with Crippen LogP contribution in [0.2, 0.25) is 0 Å². The van der Waals surface area contributed by atoms with Crippen molar-refractivity contribution in [1.29, 1.82) is 0 Å². The first-order chi connectivity index (χ1) is 11.5. The number of amides is 2. The second kappa shape index (κ2) is 7.23. The highest BCUT2D eigenvalue weighted by molar-refractivity contribution is 7.22. The molecule has 0 aliphatic carbocycles. The van der Waals surface area contributed by atoms with E-state index in [0.29, 0.717) is 10.2 Å². The quantitative estimate of drug-likeness (QED) is 0.740. The Morgan fingerprint density at radius 1 is 1.28 bits per heavy atom. The molecule has 2 unspecified atom stereocenters. The summed E-state index contributed by atoms with van der Waals surface area (Å²) in [4.78, 5) is 27.6. The van der Waals surface area contributed by atoms with E-state index in [0.717, 1.165) is 17.4 Å². The Kier molecular flexibility index (Phi) is 5.48. The monoisotopic (exact) mass is 376 g/mol. The van der Waals surface area contributed by atoms with Crippen LogP contribution in [0.3, 0.4) is 0 Å². The molecular formula is C14H15F3N4O3S. The first-order valence-electron chi connectivity index (χ1n) is 7.08. The van der Waals surface area contributed by atoms with Crippen LogP contribution in [0.4, 0.5) is 18.3 Å². The third-order valence-corrected chi connectivity index (χ3v) is 3.92. The summed E-state index contributed by atoms with van der Waals surface area (Å²) in [6, 6.07) is 2.05. The molecular weight excluding hydrogens is 361 g/mol. The molecule has 25 heavy (non-hydrogen) atoms. The molecule has 0 radical (unpaired) electrons. The Balaban J connectivity index is 2.08. The first-order valence-corrected chi connectivity index (χ1v) is 7.90. The lowest BCUT2D eigenvalue weighted by atomic mass is 10.2. The van der Waals surface area contributed by atoms with E-state index in [9.17, 15) is 22.8 Å². The van der Waals surface area contributed by atoms with Crippen LogP contribution >= 0.6 is 11.3 Å². The van der Waals surface area contributed by atoms with E-state index in [1.54, 1.807) is 0 Å². The van der Waals surface area contributed by atoms with Crippen LogP contribution in [-0.2, 0) is 9.59 Å². The number of nitrogens with zero attached hydrogens (tertiary/aromatic N) is 1. The van der Waals surface area contributed by atoms with Gasteiger partial charge in [0.05, 0.1) is 16.3 Å². The van der Waals surface area contributed by atoms with E-state index < -0.39 is 30.3 Å². The SMILES string of the molecule is CC(N)C(=O)NC(C)C(=O)Nc1nc2ccc(OC(F)(F)F)cc2s1. The number of ether oxygens (including phenoxy) is 1. The molecule has 2 atom stereocenters. The molecule has 1 heterocycles. The Morgan fingerprint density at radius 3 is 2.56 bits per heavy atom. The first kappa shape index (κ1) is 18.9. The van der Waals surface area contributed by atoms with Crippen LogP contribution in [0.15, 0.2) is 18.2 Å². The third kappa shape index (κ3) is 5.29. The van der Waals surface area contributed by atoms with Crippen molar-refractivity contribution in [3.8, 4) is 5.75 Å². The average molecular weight is 376 g/mol. The van der Waals surface area contributed by atoms with Crippen LogP contribution in [-0.4, -0.2) is 35.2 Å². The van der Waals surface area contributed by atoms with Gasteiger partial charge in [-0.2, -0.15) is 0 Å². The smallest absolute Gasteiger partial charge is 0.406 e. The molecule has 136 valence electrons. The number of aromatic nitrogens is 1. The average Bonchev–Trinajstić information content (AvgIpc) is 2.86. The molecule has 0 saturated heterocycles. The van der Waals surface area contributed by atoms with Gasteiger partial charge in [-0.15, -0.1) is 13.2 Å². The van der Waals surface area contributed by atoms with E-state index in [-0.39, 0.29) is 10.9 Å². The van der Waals surface area contributed by atoms with Crippen LogP contribution < -0.4 is 21.1 Å². The number of carbonyl (C=O) groups is 2. The summed E-state index contributed by atoms with van der Waals surface area (Å²) in [5, 5.41) is 5.10. The summed E-state index contributed by atoms with van der Waals surface area (Å²) in [5.74, 6) is -1.39. The van der Waals surface area contributed by atoms with Gasteiger partial charge < -0.3 is 21.1 Å². The molecule has 1 aromatic carbocycles. The van der Waals surface area contributed by atoms with Crippen molar-refractivity contribution >= 4 is 38.5 Å². The van der Waals surface area contributed by atoms with E-state index in [4.69, 9.17) is 5.73 Å². The highest BCUT2D eigenvalue weighted by Gasteiger charge is 2.31.